The van der Waals surface area contributed by atoms with Gasteiger partial charge >= 0.3 is 0 Å². The van der Waals surface area contributed by atoms with Crippen LogP contribution in [0.3, 0.4) is 0 Å². The largest absolute Gasteiger partial charge is 0.271 e. The van der Waals surface area contributed by atoms with Gasteiger partial charge in [0, 0.05) is 24.5 Å². The minimum absolute atomic E-state index is 0.0635. The predicted octanol–water partition coefficient (Wildman–Crippen LogP) is 1.69. The number of nitrogens with one attached hydrogen (secondary N) is 1. The van der Waals surface area contributed by atoms with E-state index in [2.05, 4.69) is 31.4 Å². The predicted molar refractivity (Wildman–Crippen MR) is 71.5 cm³/mol. The van der Waals surface area contributed by atoms with Crippen LogP contribution in [0.15, 0.2) is 16.2 Å². The normalized spacial score (nSPS) is 12.9. The fourth-order valence-corrected chi connectivity index (χ4v) is 2.91. The van der Waals surface area contributed by atoms with Crippen LogP contribution < -0.4 is 11.3 Å². The van der Waals surface area contributed by atoms with Crippen LogP contribution >= 0.6 is 27.3 Å². The van der Waals surface area contributed by atoms with Crippen molar-refractivity contribution in [3.05, 3.63) is 32.4 Å². The molecule has 0 saturated carbocycles. The van der Waals surface area contributed by atoms with Gasteiger partial charge in [0.1, 0.15) is 0 Å². The van der Waals surface area contributed by atoms with Crippen LogP contribution in [0.4, 0.5) is 0 Å². The molecular formula is C10H14BrN5S. The Bertz CT molecular complexity index is 493. The number of hydrogen-bond donors (Lipinski definition) is 2. The Labute approximate surface area is 112 Å². The highest BCUT2D eigenvalue weighted by Gasteiger charge is 2.18. The first-order valence-corrected chi connectivity index (χ1v) is 6.83. The summed E-state index contributed by atoms with van der Waals surface area (Å²) in [6, 6.07) is 0.0635. The van der Waals surface area contributed by atoms with Crippen LogP contribution in [0.2, 0.25) is 0 Å². The van der Waals surface area contributed by atoms with Crippen LogP contribution in [0.1, 0.15) is 22.3 Å². The standard InChI is InChI=1S/C10H14BrN5S/c1-6-10(11)8(16(2)15-6)3-7(14-12)9-4-13-5-17-9/h4-5,7,14H,3,12H2,1-2H3. The molecule has 1 atom stereocenters. The lowest BCUT2D eigenvalue weighted by Gasteiger charge is -2.14. The van der Waals surface area contributed by atoms with Crippen LogP contribution in [0, 0.1) is 6.92 Å². The van der Waals surface area contributed by atoms with Gasteiger partial charge in [0.05, 0.1) is 27.4 Å². The molecule has 0 aliphatic rings. The Kier molecular flexibility index (Phi) is 3.93. The second-order valence-corrected chi connectivity index (χ2v) is 5.51. The summed E-state index contributed by atoms with van der Waals surface area (Å²) in [6.07, 6.45) is 2.61. The third kappa shape index (κ3) is 2.57. The van der Waals surface area contributed by atoms with Gasteiger partial charge in [-0.1, -0.05) is 0 Å². The zero-order valence-corrected chi connectivity index (χ0v) is 12.0. The first-order chi connectivity index (χ1) is 8.13. The Morgan fingerprint density at radius 2 is 2.41 bits per heavy atom. The van der Waals surface area contributed by atoms with Crippen molar-refractivity contribution in [2.75, 3.05) is 0 Å². The molecule has 2 heterocycles. The van der Waals surface area contributed by atoms with Crippen LogP contribution in [-0.2, 0) is 13.5 Å². The number of aromatic nitrogens is 3. The van der Waals surface area contributed by atoms with E-state index in [-0.39, 0.29) is 6.04 Å². The second kappa shape index (κ2) is 5.26. The molecule has 17 heavy (non-hydrogen) atoms. The van der Waals surface area contributed by atoms with E-state index >= 15 is 0 Å². The Hall–Kier alpha value is -0.760. The highest BCUT2D eigenvalue weighted by Crippen LogP contribution is 2.26. The van der Waals surface area contributed by atoms with E-state index in [1.54, 1.807) is 11.3 Å². The molecule has 0 aliphatic heterocycles. The van der Waals surface area contributed by atoms with Gasteiger partial charge in [-0.15, -0.1) is 11.3 Å². The number of rotatable bonds is 4. The molecule has 2 aromatic rings. The number of hydrazine groups is 1. The maximum Gasteiger partial charge on any atom is 0.0794 e. The first kappa shape index (κ1) is 12.7. The molecule has 0 bridgehead atoms. The van der Waals surface area contributed by atoms with Gasteiger partial charge in [-0.3, -0.25) is 20.9 Å². The van der Waals surface area contributed by atoms with Gasteiger partial charge in [0.15, 0.2) is 0 Å². The molecule has 0 amide bonds. The minimum atomic E-state index is 0.0635. The summed E-state index contributed by atoms with van der Waals surface area (Å²) in [5, 5.41) is 4.37. The number of thiazole rings is 1. The first-order valence-electron chi connectivity index (χ1n) is 5.16. The van der Waals surface area contributed by atoms with E-state index in [0.717, 1.165) is 27.2 Å². The Morgan fingerprint density at radius 1 is 1.65 bits per heavy atom. The molecule has 0 spiro atoms. The molecule has 3 N–H and O–H groups in total. The molecule has 2 aromatic heterocycles. The van der Waals surface area contributed by atoms with Gasteiger partial charge in [-0.05, 0) is 22.9 Å². The minimum Gasteiger partial charge on any atom is -0.271 e. The van der Waals surface area contributed by atoms with Gasteiger partial charge in [0.2, 0.25) is 0 Å². The average Bonchev–Trinajstić information content (AvgIpc) is 2.89. The molecule has 1 unspecified atom stereocenters. The van der Waals surface area contributed by atoms with Crippen molar-refractivity contribution in [3.63, 3.8) is 0 Å². The van der Waals surface area contributed by atoms with Gasteiger partial charge in [-0.25, -0.2) is 0 Å². The molecule has 0 fully saturated rings. The zero-order valence-electron chi connectivity index (χ0n) is 9.64. The lowest BCUT2D eigenvalue weighted by Crippen LogP contribution is -2.29. The van der Waals surface area contributed by atoms with Crippen molar-refractivity contribution in [2.45, 2.75) is 19.4 Å². The molecule has 0 aliphatic carbocycles. The molecule has 7 heteroatoms. The highest BCUT2D eigenvalue weighted by molar-refractivity contribution is 9.10. The van der Waals surface area contributed by atoms with Crippen molar-refractivity contribution in [1.29, 1.82) is 0 Å². The molecule has 5 nitrogen and oxygen atoms in total. The third-order valence-electron chi connectivity index (χ3n) is 2.66. The highest BCUT2D eigenvalue weighted by atomic mass is 79.9. The van der Waals surface area contributed by atoms with Crippen molar-refractivity contribution in [1.82, 2.24) is 20.2 Å². The van der Waals surface area contributed by atoms with E-state index in [4.69, 9.17) is 5.84 Å². The molecule has 0 aromatic carbocycles. The van der Waals surface area contributed by atoms with E-state index in [1.807, 2.05) is 30.4 Å². The third-order valence-corrected chi connectivity index (χ3v) is 4.58. The van der Waals surface area contributed by atoms with Crippen molar-refractivity contribution in [2.24, 2.45) is 12.9 Å². The molecular weight excluding hydrogens is 302 g/mol. The number of halogens is 1. The fourth-order valence-electron chi connectivity index (χ4n) is 1.73. The van der Waals surface area contributed by atoms with E-state index in [0.29, 0.717) is 0 Å². The average molecular weight is 316 g/mol. The zero-order chi connectivity index (χ0) is 12.4. The van der Waals surface area contributed by atoms with Crippen molar-refractivity contribution in [3.8, 4) is 0 Å². The van der Waals surface area contributed by atoms with Crippen LogP contribution in [0.25, 0.3) is 0 Å². The van der Waals surface area contributed by atoms with Crippen molar-refractivity contribution < 1.29 is 0 Å². The summed E-state index contributed by atoms with van der Waals surface area (Å²) in [5.41, 5.74) is 6.75. The molecule has 2 rings (SSSR count). The van der Waals surface area contributed by atoms with Gasteiger partial charge in [-0.2, -0.15) is 5.10 Å². The lowest BCUT2D eigenvalue weighted by molar-refractivity contribution is 0.535. The van der Waals surface area contributed by atoms with E-state index in [1.165, 1.54) is 0 Å². The van der Waals surface area contributed by atoms with E-state index < -0.39 is 0 Å². The second-order valence-electron chi connectivity index (χ2n) is 3.80. The molecule has 0 saturated heterocycles. The number of aryl methyl sites for hydroxylation is 2. The maximum absolute atomic E-state index is 5.60. The maximum atomic E-state index is 5.60. The Morgan fingerprint density at radius 3 is 2.88 bits per heavy atom. The monoisotopic (exact) mass is 315 g/mol. The summed E-state index contributed by atoms with van der Waals surface area (Å²) in [7, 11) is 1.94. The van der Waals surface area contributed by atoms with Crippen LogP contribution in [0.5, 0.6) is 0 Å². The topological polar surface area (TPSA) is 68.8 Å². The SMILES string of the molecule is Cc1nn(C)c(CC(NN)c2cncs2)c1Br. The Balaban J connectivity index is 2.24. The van der Waals surface area contributed by atoms with Crippen molar-refractivity contribution >= 4 is 27.3 Å². The summed E-state index contributed by atoms with van der Waals surface area (Å²) in [6.45, 7) is 1.98. The summed E-state index contributed by atoms with van der Waals surface area (Å²) < 4.78 is 2.93. The van der Waals surface area contributed by atoms with Crippen LogP contribution in [-0.4, -0.2) is 14.8 Å². The van der Waals surface area contributed by atoms with Gasteiger partial charge < -0.3 is 0 Å². The number of nitrogens with two attached hydrogens (primary N) is 1. The quantitative estimate of drug-likeness (QED) is 0.665. The fraction of sp³-hybridized carbons (Fsp3) is 0.400. The lowest BCUT2D eigenvalue weighted by atomic mass is 10.1. The number of hydrogen-bond acceptors (Lipinski definition) is 5. The molecule has 92 valence electrons. The van der Waals surface area contributed by atoms with Gasteiger partial charge in [0.25, 0.3) is 0 Å². The number of nitrogens with zero attached hydrogens (tertiary/aromatic N) is 3. The smallest absolute Gasteiger partial charge is 0.0794 e. The molecule has 0 radical (unpaired) electrons. The summed E-state index contributed by atoms with van der Waals surface area (Å²) >= 11 is 5.15. The van der Waals surface area contributed by atoms with E-state index in [9.17, 15) is 0 Å². The summed E-state index contributed by atoms with van der Waals surface area (Å²) in [4.78, 5) is 5.19. The summed E-state index contributed by atoms with van der Waals surface area (Å²) in [5.74, 6) is 5.60.